The standard InChI is InChI=1S/C15H21N3O4.CH2O2/c1-14(21)10-15(22-9-12(14)19)4-7-18(8-5-15)13(20)11-3-2-6-16-17-11;2-1-3/h2-3,6,12,19,21H,4-5,7-10H2,1H3;1H,(H,2,3)/t12-,14-;/m0./s1. The van der Waals surface area contributed by atoms with Crippen molar-refractivity contribution in [1.82, 2.24) is 15.1 Å². The Balaban J connectivity index is 0.000000701. The third-order valence-electron chi connectivity index (χ3n) is 4.70. The van der Waals surface area contributed by atoms with E-state index in [4.69, 9.17) is 14.6 Å². The highest BCUT2D eigenvalue weighted by Gasteiger charge is 2.49. The molecule has 0 radical (unpaired) electrons. The van der Waals surface area contributed by atoms with E-state index in [0.29, 0.717) is 38.0 Å². The molecular weight excluding hydrogens is 330 g/mol. The maximum absolute atomic E-state index is 12.3. The Morgan fingerprint density at radius 1 is 1.44 bits per heavy atom. The van der Waals surface area contributed by atoms with Crippen LogP contribution in [0, 0.1) is 0 Å². The van der Waals surface area contributed by atoms with Crippen LogP contribution < -0.4 is 0 Å². The summed E-state index contributed by atoms with van der Waals surface area (Å²) >= 11 is 0. The smallest absolute Gasteiger partial charge is 0.290 e. The fraction of sp³-hybridized carbons (Fsp3) is 0.625. The highest BCUT2D eigenvalue weighted by Crippen LogP contribution is 2.39. The number of rotatable bonds is 1. The van der Waals surface area contributed by atoms with Crippen molar-refractivity contribution >= 4 is 12.4 Å². The Morgan fingerprint density at radius 3 is 2.60 bits per heavy atom. The number of likely N-dealkylation sites (tertiary alicyclic amines) is 1. The van der Waals surface area contributed by atoms with Gasteiger partial charge in [0.05, 0.1) is 17.8 Å². The molecule has 1 amide bonds. The molecule has 2 aliphatic heterocycles. The van der Waals surface area contributed by atoms with Gasteiger partial charge in [-0.3, -0.25) is 9.59 Å². The Kier molecular flexibility index (Phi) is 6.04. The number of ether oxygens (including phenoxy) is 1. The monoisotopic (exact) mass is 353 g/mol. The molecular formula is C16H23N3O6. The molecule has 3 N–H and O–H groups in total. The molecule has 1 aromatic rings. The van der Waals surface area contributed by atoms with E-state index in [2.05, 4.69) is 10.2 Å². The molecule has 0 bridgehead atoms. The number of piperidine rings is 1. The van der Waals surface area contributed by atoms with Crippen molar-refractivity contribution in [2.75, 3.05) is 19.7 Å². The van der Waals surface area contributed by atoms with Crippen molar-refractivity contribution in [3.8, 4) is 0 Å². The first kappa shape index (κ1) is 19.2. The van der Waals surface area contributed by atoms with Crippen LogP contribution in [0.1, 0.15) is 36.7 Å². The Hall–Kier alpha value is -2.10. The highest BCUT2D eigenvalue weighted by molar-refractivity contribution is 5.92. The predicted octanol–water partition coefficient (Wildman–Crippen LogP) is -0.316. The van der Waals surface area contributed by atoms with Gasteiger partial charge in [-0.15, -0.1) is 5.10 Å². The number of carbonyl (C=O) groups excluding carboxylic acids is 1. The van der Waals surface area contributed by atoms with Crippen molar-refractivity contribution in [3.63, 3.8) is 0 Å². The van der Waals surface area contributed by atoms with Crippen LogP contribution in [0.5, 0.6) is 0 Å². The van der Waals surface area contributed by atoms with Gasteiger partial charge in [-0.2, -0.15) is 5.10 Å². The van der Waals surface area contributed by atoms with Crippen LogP contribution in [-0.4, -0.2) is 79.8 Å². The van der Waals surface area contributed by atoms with Crippen molar-refractivity contribution in [2.24, 2.45) is 0 Å². The lowest BCUT2D eigenvalue weighted by molar-refractivity contribution is -0.221. The van der Waals surface area contributed by atoms with Crippen LogP contribution in [0.4, 0.5) is 0 Å². The van der Waals surface area contributed by atoms with E-state index >= 15 is 0 Å². The summed E-state index contributed by atoms with van der Waals surface area (Å²) in [5, 5.41) is 34.5. The van der Waals surface area contributed by atoms with E-state index in [1.807, 2.05) is 0 Å². The Bertz CT molecular complexity index is 587. The molecule has 2 atom stereocenters. The minimum absolute atomic E-state index is 0.130. The molecule has 0 unspecified atom stereocenters. The van der Waals surface area contributed by atoms with Gasteiger partial charge in [0.25, 0.3) is 12.4 Å². The van der Waals surface area contributed by atoms with Crippen LogP contribution in [0.25, 0.3) is 0 Å². The van der Waals surface area contributed by atoms with Gasteiger partial charge >= 0.3 is 0 Å². The molecule has 0 aliphatic carbocycles. The van der Waals surface area contributed by atoms with Crippen LogP contribution in [-0.2, 0) is 9.53 Å². The zero-order valence-corrected chi connectivity index (χ0v) is 14.0. The van der Waals surface area contributed by atoms with Gasteiger partial charge in [0.2, 0.25) is 0 Å². The number of nitrogens with zero attached hydrogens (tertiary/aromatic N) is 3. The van der Waals surface area contributed by atoms with E-state index in [0.717, 1.165) is 0 Å². The zero-order chi connectivity index (χ0) is 18.5. The van der Waals surface area contributed by atoms with Gasteiger partial charge in [-0.05, 0) is 31.9 Å². The minimum atomic E-state index is -1.14. The van der Waals surface area contributed by atoms with Crippen molar-refractivity contribution < 1.29 is 29.6 Å². The summed E-state index contributed by atoms with van der Waals surface area (Å²) in [5.74, 6) is -0.134. The van der Waals surface area contributed by atoms with Crippen molar-refractivity contribution in [1.29, 1.82) is 0 Å². The second kappa shape index (κ2) is 7.85. The fourth-order valence-electron chi connectivity index (χ4n) is 3.27. The largest absolute Gasteiger partial charge is 0.483 e. The van der Waals surface area contributed by atoms with E-state index in [9.17, 15) is 15.0 Å². The molecule has 3 heterocycles. The highest BCUT2D eigenvalue weighted by atomic mass is 16.5. The molecule has 9 heteroatoms. The second-order valence-electron chi connectivity index (χ2n) is 6.55. The lowest BCUT2D eigenvalue weighted by atomic mass is 9.76. The first-order valence-electron chi connectivity index (χ1n) is 8.03. The molecule has 9 nitrogen and oxygen atoms in total. The minimum Gasteiger partial charge on any atom is -0.483 e. The lowest BCUT2D eigenvalue weighted by Crippen LogP contribution is -2.59. The van der Waals surface area contributed by atoms with Gasteiger partial charge in [0.15, 0.2) is 5.69 Å². The summed E-state index contributed by atoms with van der Waals surface area (Å²) in [6.45, 7) is 2.60. The van der Waals surface area contributed by atoms with E-state index < -0.39 is 17.3 Å². The summed E-state index contributed by atoms with van der Waals surface area (Å²) in [5.41, 5.74) is -1.26. The molecule has 2 fully saturated rings. The number of hydrogen-bond acceptors (Lipinski definition) is 7. The van der Waals surface area contributed by atoms with Gasteiger partial charge in [0, 0.05) is 25.7 Å². The van der Waals surface area contributed by atoms with Crippen molar-refractivity contribution in [3.05, 3.63) is 24.0 Å². The van der Waals surface area contributed by atoms with Gasteiger partial charge < -0.3 is 25.0 Å². The summed E-state index contributed by atoms with van der Waals surface area (Å²) < 4.78 is 5.81. The first-order chi connectivity index (χ1) is 11.8. The normalized spacial score (nSPS) is 28.0. The van der Waals surface area contributed by atoms with E-state index in [1.54, 1.807) is 24.0 Å². The summed E-state index contributed by atoms with van der Waals surface area (Å²) in [6.07, 6.45) is 2.33. The third-order valence-corrected chi connectivity index (χ3v) is 4.70. The average molecular weight is 353 g/mol. The summed E-state index contributed by atoms with van der Waals surface area (Å²) in [6, 6.07) is 3.34. The van der Waals surface area contributed by atoms with Crippen LogP contribution >= 0.6 is 0 Å². The average Bonchev–Trinajstić information content (AvgIpc) is 2.60. The third kappa shape index (κ3) is 4.50. The van der Waals surface area contributed by atoms with E-state index in [1.165, 1.54) is 6.20 Å². The molecule has 0 aromatic carbocycles. The molecule has 2 aliphatic rings. The number of aliphatic hydroxyl groups excluding tert-OH is 1. The SMILES string of the molecule is C[C@]1(O)CC2(CCN(C(=O)c3cccnn3)CC2)OC[C@@H]1O.O=CO. The summed E-state index contributed by atoms with van der Waals surface area (Å²) in [4.78, 5) is 22.4. The van der Waals surface area contributed by atoms with Gasteiger partial charge in [-0.25, -0.2) is 0 Å². The number of amides is 1. The van der Waals surface area contributed by atoms with E-state index in [-0.39, 0.29) is 19.0 Å². The van der Waals surface area contributed by atoms with Crippen LogP contribution in [0.15, 0.2) is 18.3 Å². The van der Waals surface area contributed by atoms with Crippen LogP contribution in [0.3, 0.4) is 0 Å². The van der Waals surface area contributed by atoms with Crippen LogP contribution in [0.2, 0.25) is 0 Å². The summed E-state index contributed by atoms with van der Waals surface area (Å²) in [7, 11) is 0. The number of carboxylic acid groups (broad SMARTS) is 1. The number of aromatic nitrogens is 2. The fourth-order valence-corrected chi connectivity index (χ4v) is 3.27. The predicted molar refractivity (Wildman–Crippen MR) is 85.8 cm³/mol. The quantitative estimate of drug-likeness (QED) is 0.585. The van der Waals surface area contributed by atoms with Gasteiger partial charge in [-0.1, -0.05) is 0 Å². The van der Waals surface area contributed by atoms with Gasteiger partial charge in [0.1, 0.15) is 6.10 Å². The first-order valence-corrected chi connectivity index (χ1v) is 8.03. The maximum atomic E-state index is 12.3. The number of aliphatic hydroxyl groups is 2. The Morgan fingerprint density at radius 2 is 2.08 bits per heavy atom. The Labute approximate surface area is 145 Å². The van der Waals surface area contributed by atoms with Crippen molar-refractivity contribution in [2.45, 2.75) is 43.5 Å². The topological polar surface area (TPSA) is 133 Å². The molecule has 0 saturated carbocycles. The molecule has 25 heavy (non-hydrogen) atoms. The molecule has 1 aromatic heterocycles. The number of carbonyl (C=O) groups is 2. The molecule has 2 saturated heterocycles. The maximum Gasteiger partial charge on any atom is 0.290 e. The molecule has 3 rings (SSSR count). The number of hydrogen-bond donors (Lipinski definition) is 3. The molecule has 138 valence electrons. The lowest BCUT2D eigenvalue weighted by Gasteiger charge is -2.49. The zero-order valence-electron chi connectivity index (χ0n) is 14.0. The second-order valence-corrected chi connectivity index (χ2v) is 6.55. The molecule has 1 spiro atoms.